The minimum atomic E-state index is -0.530. The number of anilines is 1. The SMILES string of the molecule is CNc1c(C(=O)NCc2cnc[nH]2)cccc1[N+](=O)[O-]. The highest BCUT2D eigenvalue weighted by Crippen LogP contribution is 2.27. The van der Waals surface area contributed by atoms with Crippen LogP contribution in [0, 0.1) is 10.1 Å². The minimum Gasteiger partial charge on any atom is -0.382 e. The Bertz CT molecular complexity index is 624. The molecule has 104 valence electrons. The third kappa shape index (κ3) is 2.74. The van der Waals surface area contributed by atoms with E-state index >= 15 is 0 Å². The molecule has 2 aromatic rings. The number of rotatable bonds is 5. The molecule has 0 saturated carbocycles. The number of aromatic amines is 1. The van der Waals surface area contributed by atoms with Crippen molar-refractivity contribution < 1.29 is 9.72 Å². The molecule has 8 nitrogen and oxygen atoms in total. The first-order chi connectivity index (χ1) is 9.63. The second-order valence-electron chi connectivity index (χ2n) is 3.97. The van der Waals surface area contributed by atoms with Crippen molar-refractivity contribution in [1.29, 1.82) is 0 Å². The summed E-state index contributed by atoms with van der Waals surface area (Å²) in [6.45, 7) is 0.269. The Morgan fingerprint density at radius 2 is 2.30 bits per heavy atom. The van der Waals surface area contributed by atoms with Crippen molar-refractivity contribution in [2.45, 2.75) is 6.54 Å². The number of para-hydroxylation sites is 1. The molecule has 0 atom stereocenters. The number of carbonyl (C=O) groups excluding carboxylic acids is 1. The fraction of sp³-hybridized carbons (Fsp3) is 0.167. The van der Waals surface area contributed by atoms with Crippen LogP contribution in [0.15, 0.2) is 30.7 Å². The van der Waals surface area contributed by atoms with Crippen LogP contribution in [0.5, 0.6) is 0 Å². The third-order valence-electron chi connectivity index (χ3n) is 2.73. The van der Waals surface area contributed by atoms with Crippen LogP contribution in [-0.2, 0) is 6.54 Å². The molecule has 0 aliphatic carbocycles. The molecule has 0 saturated heterocycles. The minimum absolute atomic E-state index is 0.137. The molecule has 0 fully saturated rings. The maximum atomic E-state index is 12.1. The lowest BCUT2D eigenvalue weighted by Crippen LogP contribution is -2.24. The van der Waals surface area contributed by atoms with Gasteiger partial charge in [-0.25, -0.2) is 4.98 Å². The van der Waals surface area contributed by atoms with Gasteiger partial charge in [0.15, 0.2) is 0 Å². The van der Waals surface area contributed by atoms with E-state index in [0.717, 1.165) is 5.69 Å². The molecule has 2 rings (SSSR count). The Morgan fingerprint density at radius 1 is 1.50 bits per heavy atom. The second kappa shape index (κ2) is 5.83. The van der Waals surface area contributed by atoms with Crippen molar-refractivity contribution in [2.24, 2.45) is 0 Å². The molecule has 3 N–H and O–H groups in total. The fourth-order valence-corrected chi connectivity index (χ4v) is 1.80. The smallest absolute Gasteiger partial charge is 0.293 e. The number of nitrogens with one attached hydrogen (secondary N) is 3. The van der Waals surface area contributed by atoms with Gasteiger partial charge in [-0.1, -0.05) is 6.07 Å². The molecule has 0 radical (unpaired) electrons. The molecule has 0 spiro atoms. The highest BCUT2D eigenvalue weighted by atomic mass is 16.6. The van der Waals surface area contributed by atoms with E-state index in [9.17, 15) is 14.9 Å². The number of imidazole rings is 1. The standard InChI is InChI=1S/C12H13N5O3/c1-13-11-9(3-2-4-10(11)17(19)20)12(18)15-6-8-5-14-7-16-8/h2-5,7,13H,6H2,1H3,(H,14,16)(H,15,18). The largest absolute Gasteiger partial charge is 0.382 e. The zero-order valence-corrected chi connectivity index (χ0v) is 10.7. The summed E-state index contributed by atoms with van der Waals surface area (Å²) in [5.74, 6) is -0.396. The zero-order chi connectivity index (χ0) is 14.5. The molecule has 0 unspecified atom stereocenters. The summed E-state index contributed by atoms with van der Waals surface area (Å²) in [6, 6.07) is 4.35. The molecular formula is C12H13N5O3. The summed E-state index contributed by atoms with van der Waals surface area (Å²) in [7, 11) is 1.54. The maximum Gasteiger partial charge on any atom is 0.293 e. The molecular weight excluding hydrogens is 262 g/mol. The van der Waals surface area contributed by atoms with Gasteiger partial charge in [0.2, 0.25) is 0 Å². The van der Waals surface area contributed by atoms with Gasteiger partial charge in [-0.05, 0) is 6.07 Å². The predicted molar refractivity (Wildman–Crippen MR) is 72.4 cm³/mol. The van der Waals surface area contributed by atoms with E-state index in [0.29, 0.717) is 0 Å². The van der Waals surface area contributed by atoms with Crippen LogP contribution >= 0.6 is 0 Å². The lowest BCUT2D eigenvalue weighted by molar-refractivity contribution is -0.384. The number of nitrogens with zero attached hydrogens (tertiary/aromatic N) is 2. The van der Waals surface area contributed by atoms with Crippen LogP contribution in [-0.4, -0.2) is 27.8 Å². The van der Waals surface area contributed by atoms with Gasteiger partial charge in [0.25, 0.3) is 11.6 Å². The van der Waals surface area contributed by atoms with E-state index in [1.807, 2.05) is 0 Å². The number of hydrogen-bond donors (Lipinski definition) is 3. The second-order valence-corrected chi connectivity index (χ2v) is 3.97. The Hall–Kier alpha value is -2.90. The Balaban J connectivity index is 2.21. The van der Waals surface area contributed by atoms with Crippen molar-refractivity contribution in [1.82, 2.24) is 15.3 Å². The van der Waals surface area contributed by atoms with Crippen molar-refractivity contribution in [3.63, 3.8) is 0 Å². The van der Waals surface area contributed by atoms with Crippen LogP contribution in [0.4, 0.5) is 11.4 Å². The van der Waals surface area contributed by atoms with E-state index in [4.69, 9.17) is 0 Å². The summed E-state index contributed by atoms with van der Waals surface area (Å²) in [6.07, 6.45) is 3.10. The van der Waals surface area contributed by atoms with Crippen LogP contribution in [0.25, 0.3) is 0 Å². The average molecular weight is 275 g/mol. The van der Waals surface area contributed by atoms with Gasteiger partial charge >= 0.3 is 0 Å². The number of benzene rings is 1. The molecule has 1 aromatic carbocycles. The topological polar surface area (TPSA) is 113 Å². The molecule has 1 aromatic heterocycles. The number of nitro groups is 1. The zero-order valence-electron chi connectivity index (χ0n) is 10.7. The molecule has 1 heterocycles. The van der Waals surface area contributed by atoms with Crippen molar-refractivity contribution in [3.05, 3.63) is 52.1 Å². The molecule has 1 amide bonds. The van der Waals surface area contributed by atoms with E-state index in [1.165, 1.54) is 31.6 Å². The highest BCUT2D eigenvalue weighted by Gasteiger charge is 2.20. The van der Waals surface area contributed by atoms with E-state index in [-0.39, 0.29) is 23.5 Å². The summed E-state index contributed by atoms with van der Waals surface area (Å²) in [5, 5.41) is 16.3. The van der Waals surface area contributed by atoms with Crippen LogP contribution in [0.2, 0.25) is 0 Å². The first kappa shape index (κ1) is 13.5. The van der Waals surface area contributed by atoms with Gasteiger partial charge in [-0.3, -0.25) is 14.9 Å². The van der Waals surface area contributed by atoms with Crippen molar-refractivity contribution in [3.8, 4) is 0 Å². The van der Waals surface area contributed by atoms with Gasteiger partial charge in [0.1, 0.15) is 5.69 Å². The molecule has 20 heavy (non-hydrogen) atoms. The van der Waals surface area contributed by atoms with Crippen LogP contribution in [0.1, 0.15) is 16.1 Å². The lowest BCUT2D eigenvalue weighted by atomic mass is 10.1. The van der Waals surface area contributed by atoms with E-state index in [1.54, 1.807) is 6.20 Å². The van der Waals surface area contributed by atoms with Crippen molar-refractivity contribution >= 4 is 17.3 Å². The van der Waals surface area contributed by atoms with E-state index in [2.05, 4.69) is 20.6 Å². The Labute approximate surface area is 114 Å². The summed E-state index contributed by atoms with van der Waals surface area (Å²) in [5.41, 5.74) is 1.03. The fourth-order valence-electron chi connectivity index (χ4n) is 1.80. The van der Waals surface area contributed by atoms with Crippen LogP contribution < -0.4 is 10.6 Å². The average Bonchev–Trinajstić information content (AvgIpc) is 2.97. The summed E-state index contributed by atoms with van der Waals surface area (Å²) in [4.78, 5) is 29.2. The number of aromatic nitrogens is 2. The van der Waals surface area contributed by atoms with Gasteiger partial charge in [0, 0.05) is 19.3 Å². The first-order valence-corrected chi connectivity index (χ1v) is 5.84. The number of nitro benzene ring substituents is 1. The maximum absolute atomic E-state index is 12.1. The number of carbonyl (C=O) groups is 1. The summed E-state index contributed by atoms with van der Waals surface area (Å²) < 4.78 is 0. The number of amides is 1. The molecule has 0 aliphatic heterocycles. The van der Waals surface area contributed by atoms with Gasteiger partial charge in [-0.2, -0.15) is 0 Å². The van der Waals surface area contributed by atoms with Gasteiger partial charge < -0.3 is 15.6 Å². The molecule has 8 heteroatoms. The van der Waals surface area contributed by atoms with Gasteiger partial charge in [-0.15, -0.1) is 0 Å². The van der Waals surface area contributed by atoms with Gasteiger partial charge in [0.05, 0.1) is 29.1 Å². The Kier molecular flexibility index (Phi) is 3.94. The number of hydrogen-bond acceptors (Lipinski definition) is 5. The first-order valence-electron chi connectivity index (χ1n) is 5.84. The van der Waals surface area contributed by atoms with Crippen molar-refractivity contribution in [2.75, 3.05) is 12.4 Å². The quantitative estimate of drug-likeness (QED) is 0.562. The lowest BCUT2D eigenvalue weighted by Gasteiger charge is -2.09. The Morgan fingerprint density at radius 3 is 2.90 bits per heavy atom. The predicted octanol–water partition coefficient (Wildman–Crippen LogP) is 1.29. The molecule has 0 aliphatic rings. The highest BCUT2D eigenvalue weighted by molar-refractivity contribution is 6.01. The van der Waals surface area contributed by atoms with Crippen LogP contribution in [0.3, 0.4) is 0 Å². The monoisotopic (exact) mass is 275 g/mol. The normalized spacial score (nSPS) is 10.1. The third-order valence-corrected chi connectivity index (χ3v) is 2.73. The summed E-state index contributed by atoms with van der Waals surface area (Å²) >= 11 is 0. The number of H-pyrrole nitrogens is 1. The van der Waals surface area contributed by atoms with E-state index < -0.39 is 10.8 Å². The molecule has 0 bridgehead atoms.